The molecule has 0 unspecified atom stereocenters. The van der Waals surface area contributed by atoms with E-state index in [2.05, 4.69) is 5.32 Å². The van der Waals surface area contributed by atoms with Gasteiger partial charge in [-0.15, -0.1) is 0 Å². The van der Waals surface area contributed by atoms with Crippen molar-refractivity contribution in [1.82, 2.24) is 4.31 Å². The molecule has 1 aliphatic rings. The highest BCUT2D eigenvalue weighted by Crippen LogP contribution is 2.31. The van der Waals surface area contributed by atoms with Gasteiger partial charge in [0.1, 0.15) is 11.8 Å². The quantitative estimate of drug-likeness (QED) is 0.543. The number of ether oxygens (including phenoxy) is 1. The van der Waals surface area contributed by atoms with E-state index in [-0.39, 0.29) is 15.6 Å². The summed E-state index contributed by atoms with van der Waals surface area (Å²) in [5.74, 6) is -0.221. The molecule has 0 bridgehead atoms. The molecule has 192 valence electrons. The molecule has 35 heavy (non-hydrogen) atoms. The minimum absolute atomic E-state index is 0.149. The van der Waals surface area contributed by atoms with E-state index in [0.717, 1.165) is 36.2 Å². The van der Waals surface area contributed by atoms with E-state index in [0.29, 0.717) is 24.5 Å². The molecular formula is C23H30ClN3O6S2. The van der Waals surface area contributed by atoms with Crippen molar-refractivity contribution < 1.29 is 26.4 Å². The lowest BCUT2D eigenvalue weighted by Gasteiger charge is -2.28. The molecule has 0 aromatic heterocycles. The van der Waals surface area contributed by atoms with Crippen molar-refractivity contribution >= 4 is 48.9 Å². The molecule has 1 fully saturated rings. The van der Waals surface area contributed by atoms with Crippen LogP contribution in [0.5, 0.6) is 5.75 Å². The third-order valence-electron chi connectivity index (χ3n) is 5.80. The summed E-state index contributed by atoms with van der Waals surface area (Å²) < 4.78 is 58.5. The SMILES string of the molecule is COc1ccc(N([C@H](C)C(=O)Nc2ccc(S(=O)(=O)N3CCCCCC3)cc2)S(C)(=O)=O)cc1Cl. The second-order valence-corrected chi connectivity index (χ2v) is 12.6. The molecule has 1 amide bonds. The van der Waals surface area contributed by atoms with Crippen molar-refractivity contribution in [3.8, 4) is 5.75 Å². The predicted octanol–water partition coefficient (Wildman–Crippen LogP) is 3.71. The number of hydrogen-bond acceptors (Lipinski definition) is 6. The van der Waals surface area contributed by atoms with E-state index in [9.17, 15) is 21.6 Å². The van der Waals surface area contributed by atoms with E-state index in [1.165, 1.54) is 60.8 Å². The summed E-state index contributed by atoms with van der Waals surface area (Å²) in [4.78, 5) is 13.1. The summed E-state index contributed by atoms with van der Waals surface area (Å²) in [6.07, 6.45) is 4.70. The zero-order valence-electron chi connectivity index (χ0n) is 19.9. The van der Waals surface area contributed by atoms with Gasteiger partial charge in [-0.2, -0.15) is 4.31 Å². The Labute approximate surface area is 212 Å². The van der Waals surface area contributed by atoms with Gasteiger partial charge in [-0.05, 0) is 62.2 Å². The van der Waals surface area contributed by atoms with Crippen LogP contribution in [-0.2, 0) is 24.8 Å². The van der Waals surface area contributed by atoms with Gasteiger partial charge in [-0.25, -0.2) is 16.8 Å². The van der Waals surface area contributed by atoms with Gasteiger partial charge in [0.15, 0.2) is 0 Å². The van der Waals surface area contributed by atoms with Crippen molar-refractivity contribution in [1.29, 1.82) is 0 Å². The summed E-state index contributed by atoms with van der Waals surface area (Å²) in [6, 6.07) is 9.18. The standard InChI is InChI=1S/C23H30ClN3O6S2/c1-17(27(34(3,29)30)19-10-13-22(33-2)21(24)16-19)23(28)25-18-8-11-20(12-9-18)35(31,32)26-14-6-4-5-7-15-26/h8-13,16-17H,4-7,14-15H2,1-3H3,(H,25,28)/t17-/m1/s1. The number of halogens is 1. The van der Waals surface area contributed by atoms with Crippen LogP contribution < -0.4 is 14.4 Å². The Bertz CT molecular complexity index is 1260. The molecule has 1 saturated heterocycles. The molecule has 2 aromatic carbocycles. The summed E-state index contributed by atoms with van der Waals surface area (Å²) in [6.45, 7) is 2.44. The fourth-order valence-corrected chi connectivity index (χ4v) is 6.92. The first-order valence-electron chi connectivity index (χ1n) is 11.2. The second kappa shape index (κ2) is 11.2. The average Bonchev–Trinajstić information content (AvgIpc) is 3.09. The maximum absolute atomic E-state index is 13.0. The minimum atomic E-state index is -3.84. The number of nitrogens with one attached hydrogen (secondary N) is 1. The zero-order valence-corrected chi connectivity index (χ0v) is 22.3. The molecular weight excluding hydrogens is 514 g/mol. The summed E-state index contributed by atoms with van der Waals surface area (Å²) in [7, 11) is -6.02. The van der Waals surface area contributed by atoms with E-state index < -0.39 is 32.0 Å². The number of sulfonamides is 2. The van der Waals surface area contributed by atoms with E-state index in [4.69, 9.17) is 16.3 Å². The number of carbonyl (C=O) groups excluding carboxylic acids is 1. The Hall–Kier alpha value is -2.34. The van der Waals surface area contributed by atoms with Gasteiger partial charge in [0.25, 0.3) is 0 Å². The fraction of sp³-hybridized carbons (Fsp3) is 0.435. The molecule has 0 radical (unpaired) electrons. The van der Waals surface area contributed by atoms with Gasteiger partial charge >= 0.3 is 0 Å². The van der Waals surface area contributed by atoms with Crippen LogP contribution in [-0.4, -0.2) is 59.5 Å². The Morgan fingerprint density at radius 3 is 2.14 bits per heavy atom. The van der Waals surface area contributed by atoms with Gasteiger partial charge < -0.3 is 10.1 Å². The van der Waals surface area contributed by atoms with E-state index >= 15 is 0 Å². The number of anilines is 2. The summed E-state index contributed by atoms with van der Waals surface area (Å²) >= 11 is 6.15. The smallest absolute Gasteiger partial charge is 0.247 e. The van der Waals surface area contributed by atoms with Crippen LogP contribution in [0.2, 0.25) is 5.02 Å². The van der Waals surface area contributed by atoms with Crippen LogP contribution >= 0.6 is 11.6 Å². The van der Waals surface area contributed by atoms with Crippen molar-refractivity contribution in [3.63, 3.8) is 0 Å². The lowest BCUT2D eigenvalue weighted by Crippen LogP contribution is -2.45. The van der Waals surface area contributed by atoms with Crippen LogP contribution in [0.1, 0.15) is 32.6 Å². The molecule has 2 aromatic rings. The highest BCUT2D eigenvalue weighted by atomic mass is 35.5. The third-order valence-corrected chi connectivity index (χ3v) is 9.25. The number of rotatable bonds is 8. The number of methoxy groups -OCH3 is 1. The number of nitrogens with zero attached hydrogens (tertiary/aromatic N) is 2. The first-order valence-corrected chi connectivity index (χ1v) is 14.9. The highest BCUT2D eigenvalue weighted by Gasteiger charge is 2.30. The Morgan fingerprint density at radius 2 is 1.63 bits per heavy atom. The van der Waals surface area contributed by atoms with Gasteiger partial charge in [0, 0.05) is 18.8 Å². The highest BCUT2D eigenvalue weighted by molar-refractivity contribution is 7.92. The monoisotopic (exact) mass is 543 g/mol. The van der Waals surface area contributed by atoms with Crippen LogP contribution in [0.25, 0.3) is 0 Å². The first-order chi connectivity index (χ1) is 16.4. The molecule has 1 atom stereocenters. The zero-order chi connectivity index (χ0) is 25.8. The van der Waals surface area contributed by atoms with Crippen molar-refractivity contribution in [2.75, 3.05) is 36.1 Å². The Balaban J connectivity index is 1.78. The number of amides is 1. The second-order valence-electron chi connectivity index (χ2n) is 8.39. The van der Waals surface area contributed by atoms with Crippen molar-refractivity contribution in [2.45, 2.75) is 43.5 Å². The molecule has 0 saturated carbocycles. The maximum Gasteiger partial charge on any atom is 0.247 e. The van der Waals surface area contributed by atoms with Crippen molar-refractivity contribution in [2.24, 2.45) is 0 Å². The molecule has 0 spiro atoms. The molecule has 9 nitrogen and oxygen atoms in total. The lowest BCUT2D eigenvalue weighted by atomic mass is 10.2. The fourth-order valence-electron chi connectivity index (χ4n) is 3.99. The molecule has 1 aliphatic heterocycles. The van der Waals surface area contributed by atoms with Gasteiger partial charge in [-0.3, -0.25) is 9.10 Å². The number of benzene rings is 2. The molecule has 1 N–H and O–H groups in total. The van der Waals surface area contributed by atoms with Crippen LogP contribution in [0.3, 0.4) is 0 Å². The predicted molar refractivity (Wildman–Crippen MR) is 137 cm³/mol. The third kappa shape index (κ3) is 6.46. The van der Waals surface area contributed by atoms with Crippen LogP contribution in [0.4, 0.5) is 11.4 Å². The Morgan fingerprint density at radius 1 is 1.03 bits per heavy atom. The molecule has 1 heterocycles. The van der Waals surface area contributed by atoms with Gasteiger partial charge in [-0.1, -0.05) is 24.4 Å². The van der Waals surface area contributed by atoms with Crippen LogP contribution in [0.15, 0.2) is 47.4 Å². The van der Waals surface area contributed by atoms with E-state index in [1.807, 2.05) is 0 Å². The lowest BCUT2D eigenvalue weighted by molar-refractivity contribution is -0.116. The number of carbonyl (C=O) groups is 1. The molecule has 12 heteroatoms. The normalized spacial score (nSPS) is 16.2. The summed E-state index contributed by atoms with van der Waals surface area (Å²) in [5, 5.41) is 2.86. The maximum atomic E-state index is 13.0. The van der Waals surface area contributed by atoms with E-state index in [1.54, 1.807) is 0 Å². The van der Waals surface area contributed by atoms with Gasteiger partial charge in [0.2, 0.25) is 26.0 Å². The molecule has 0 aliphatic carbocycles. The van der Waals surface area contributed by atoms with Crippen molar-refractivity contribution in [3.05, 3.63) is 47.5 Å². The summed E-state index contributed by atoms with van der Waals surface area (Å²) in [5.41, 5.74) is 0.553. The topological polar surface area (TPSA) is 113 Å². The number of hydrogen-bond donors (Lipinski definition) is 1. The van der Waals surface area contributed by atoms with Gasteiger partial charge in [0.05, 0.1) is 29.0 Å². The Kier molecular flexibility index (Phi) is 8.68. The average molecular weight is 544 g/mol. The molecule has 3 rings (SSSR count). The first kappa shape index (κ1) is 27.3. The minimum Gasteiger partial charge on any atom is -0.495 e. The largest absolute Gasteiger partial charge is 0.495 e. The van der Waals surface area contributed by atoms with Crippen LogP contribution in [0, 0.1) is 0 Å².